The monoisotopic (exact) mass is 287 g/mol. The second kappa shape index (κ2) is 5.99. The van der Waals surface area contributed by atoms with Crippen LogP contribution in [0.1, 0.15) is 37.3 Å². The van der Waals surface area contributed by atoms with Gasteiger partial charge in [-0.25, -0.2) is 4.98 Å². The van der Waals surface area contributed by atoms with Crippen LogP contribution in [-0.2, 0) is 4.79 Å². The maximum atomic E-state index is 11.6. The molecule has 1 aromatic rings. The molecule has 0 bridgehead atoms. The highest BCUT2D eigenvalue weighted by Gasteiger charge is 2.26. The van der Waals surface area contributed by atoms with Gasteiger partial charge in [-0.1, -0.05) is 0 Å². The van der Waals surface area contributed by atoms with Crippen LogP contribution in [0.3, 0.4) is 0 Å². The molecule has 0 aliphatic heterocycles. The molecule has 6 heteroatoms. The summed E-state index contributed by atoms with van der Waals surface area (Å²) in [5.74, 6) is 1.48. The molecular formula is C12H18ClN3OS. The fourth-order valence-corrected chi connectivity index (χ4v) is 2.59. The standard InChI is InChI=1S/C12H17N3OS.ClH/c16-11(6-13-5-8-1-2-8)15-12-14-10(7-17-12)9-3-4-9;/h7-9,13H,1-6H2,(H,14,15,16);1H. The number of nitrogens with zero attached hydrogens (tertiary/aromatic N) is 1. The maximum absolute atomic E-state index is 11.6. The van der Waals surface area contributed by atoms with Gasteiger partial charge in [0.1, 0.15) is 0 Å². The maximum Gasteiger partial charge on any atom is 0.240 e. The third-order valence-corrected chi connectivity index (χ3v) is 3.96. The lowest BCUT2D eigenvalue weighted by molar-refractivity contribution is -0.115. The molecule has 100 valence electrons. The van der Waals surface area contributed by atoms with E-state index in [-0.39, 0.29) is 18.3 Å². The number of carbonyl (C=O) groups excluding carboxylic acids is 1. The van der Waals surface area contributed by atoms with Crippen LogP contribution in [0, 0.1) is 5.92 Å². The first kappa shape index (κ1) is 13.8. The van der Waals surface area contributed by atoms with E-state index in [1.807, 2.05) is 0 Å². The zero-order valence-electron chi connectivity index (χ0n) is 10.1. The van der Waals surface area contributed by atoms with Crippen LogP contribution in [-0.4, -0.2) is 24.0 Å². The summed E-state index contributed by atoms with van der Waals surface area (Å²) >= 11 is 1.53. The number of nitrogens with one attached hydrogen (secondary N) is 2. The van der Waals surface area contributed by atoms with Gasteiger partial charge >= 0.3 is 0 Å². The van der Waals surface area contributed by atoms with Gasteiger partial charge in [0, 0.05) is 11.3 Å². The van der Waals surface area contributed by atoms with Crippen molar-refractivity contribution in [3.63, 3.8) is 0 Å². The molecule has 2 N–H and O–H groups in total. The highest BCUT2D eigenvalue weighted by atomic mass is 35.5. The summed E-state index contributed by atoms with van der Waals surface area (Å²) in [5.41, 5.74) is 1.15. The van der Waals surface area contributed by atoms with Crippen molar-refractivity contribution in [2.75, 3.05) is 18.4 Å². The Kier molecular flexibility index (Phi) is 4.59. The Balaban J connectivity index is 0.00000120. The Morgan fingerprint density at radius 3 is 2.83 bits per heavy atom. The van der Waals surface area contributed by atoms with Gasteiger partial charge in [0.2, 0.25) is 5.91 Å². The summed E-state index contributed by atoms with van der Waals surface area (Å²) < 4.78 is 0. The summed E-state index contributed by atoms with van der Waals surface area (Å²) in [4.78, 5) is 16.0. The lowest BCUT2D eigenvalue weighted by Gasteiger charge is -2.03. The number of rotatable bonds is 6. The predicted octanol–water partition coefficient (Wildman–Crippen LogP) is 2.38. The molecule has 0 spiro atoms. The minimum Gasteiger partial charge on any atom is -0.308 e. The number of hydrogen-bond acceptors (Lipinski definition) is 4. The number of hydrogen-bond donors (Lipinski definition) is 2. The van der Waals surface area contributed by atoms with Gasteiger partial charge in [0.15, 0.2) is 5.13 Å². The van der Waals surface area contributed by atoms with Crippen LogP contribution >= 0.6 is 23.7 Å². The van der Waals surface area contributed by atoms with Gasteiger partial charge in [-0.3, -0.25) is 4.79 Å². The molecule has 0 radical (unpaired) electrons. The van der Waals surface area contributed by atoms with Crippen molar-refractivity contribution in [3.05, 3.63) is 11.1 Å². The van der Waals surface area contributed by atoms with Crippen LogP contribution in [0.15, 0.2) is 5.38 Å². The summed E-state index contributed by atoms with van der Waals surface area (Å²) in [6, 6.07) is 0. The molecular weight excluding hydrogens is 270 g/mol. The molecule has 0 atom stereocenters. The Bertz CT molecular complexity index is 415. The number of halogens is 1. The highest BCUT2D eigenvalue weighted by molar-refractivity contribution is 7.13. The summed E-state index contributed by atoms with van der Waals surface area (Å²) in [5, 5.41) is 8.82. The van der Waals surface area contributed by atoms with Crippen molar-refractivity contribution in [3.8, 4) is 0 Å². The summed E-state index contributed by atoms with van der Waals surface area (Å²) in [6.07, 6.45) is 5.12. The zero-order valence-corrected chi connectivity index (χ0v) is 11.8. The second-order valence-electron chi connectivity index (χ2n) is 4.97. The van der Waals surface area contributed by atoms with Crippen molar-refractivity contribution in [1.29, 1.82) is 0 Å². The third-order valence-electron chi connectivity index (χ3n) is 3.18. The van der Waals surface area contributed by atoms with E-state index >= 15 is 0 Å². The van der Waals surface area contributed by atoms with Gasteiger partial charge in [-0.15, -0.1) is 23.7 Å². The minimum atomic E-state index is 0. The molecule has 1 heterocycles. The van der Waals surface area contributed by atoms with Gasteiger partial charge in [0.05, 0.1) is 12.2 Å². The van der Waals surface area contributed by atoms with Crippen molar-refractivity contribution < 1.29 is 4.79 Å². The molecule has 18 heavy (non-hydrogen) atoms. The van der Waals surface area contributed by atoms with E-state index in [0.29, 0.717) is 12.5 Å². The van der Waals surface area contributed by atoms with E-state index in [0.717, 1.165) is 23.3 Å². The molecule has 0 aromatic carbocycles. The Hall–Kier alpha value is -0.650. The van der Waals surface area contributed by atoms with E-state index in [4.69, 9.17) is 0 Å². The van der Waals surface area contributed by atoms with Crippen LogP contribution in [0.2, 0.25) is 0 Å². The van der Waals surface area contributed by atoms with E-state index in [9.17, 15) is 4.79 Å². The Labute approximate surface area is 117 Å². The second-order valence-corrected chi connectivity index (χ2v) is 5.83. The largest absolute Gasteiger partial charge is 0.308 e. The lowest BCUT2D eigenvalue weighted by Crippen LogP contribution is -2.29. The van der Waals surface area contributed by atoms with Gasteiger partial charge < -0.3 is 10.6 Å². The van der Waals surface area contributed by atoms with Crippen molar-refractivity contribution >= 4 is 34.8 Å². The topological polar surface area (TPSA) is 54.0 Å². The Morgan fingerprint density at radius 2 is 2.17 bits per heavy atom. The number of aromatic nitrogens is 1. The van der Waals surface area contributed by atoms with Crippen molar-refractivity contribution in [2.24, 2.45) is 5.92 Å². The first-order valence-electron chi connectivity index (χ1n) is 6.27. The number of thiazole rings is 1. The number of amides is 1. The van der Waals surface area contributed by atoms with Crippen LogP contribution in [0.4, 0.5) is 5.13 Å². The van der Waals surface area contributed by atoms with Crippen molar-refractivity contribution in [2.45, 2.75) is 31.6 Å². The van der Waals surface area contributed by atoms with Crippen molar-refractivity contribution in [1.82, 2.24) is 10.3 Å². The quantitative estimate of drug-likeness (QED) is 0.845. The predicted molar refractivity (Wildman–Crippen MR) is 75.6 cm³/mol. The highest BCUT2D eigenvalue weighted by Crippen LogP contribution is 2.40. The third kappa shape index (κ3) is 3.93. The van der Waals surface area contributed by atoms with Gasteiger partial charge in [-0.2, -0.15) is 0 Å². The van der Waals surface area contributed by atoms with E-state index < -0.39 is 0 Å². The number of anilines is 1. The SMILES string of the molecule is Cl.O=C(CNCC1CC1)Nc1nc(C2CC2)cs1. The molecule has 2 aliphatic carbocycles. The molecule has 2 aliphatic rings. The molecule has 2 fully saturated rings. The minimum absolute atomic E-state index is 0. The molecule has 3 rings (SSSR count). The molecule has 1 amide bonds. The fraction of sp³-hybridized carbons (Fsp3) is 0.667. The van der Waals surface area contributed by atoms with Crippen LogP contribution < -0.4 is 10.6 Å². The number of carbonyl (C=O) groups is 1. The van der Waals surface area contributed by atoms with E-state index in [1.54, 1.807) is 0 Å². The average molecular weight is 288 g/mol. The zero-order chi connectivity index (χ0) is 11.7. The molecule has 0 unspecified atom stereocenters. The fourth-order valence-electron chi connectivity index (χ4n) is 1.79. The van der Waals surface area contributed by atoms with Gasteiger partial charge in [0.25, 0.3) is 0 Å². The summed E-state index contributed by atoms with van der Waals surface area (Å²) in [6.45, 7) is 1.37. The lowest BCUT2D eigenvalue weighted by atomic mass is 10.3. The first-order valence-corrected chi connectivity index (χ1v) is 7.15. The van der Waals surface area contributed by atoms with Crippen LogP contribution in [0.5, 0.6) is 0 Å². The smallest absolute Gasteiger partial charge is 0.240 e. The first-order chi connectivity index (χ1) is 8.31. The molecule has 1 aromatic heterocycles. The van der Waals surface area contributed by atoms with Crippen LogP contribution in [0.25, 0.3) is 0 Å². The average Bonchev–Trinajstić information content (AvgIpc) is 3.20. The molecule has 4 nitrogen and oxygen atoms in total. The Morgan fingerprint density at radius 1 is 1.39 bits per heavy atom. The molecule has 0 saturated heterocycles. The van der Waals surface area contributed by atoms with E-state index in [1.165, 1.54) is 37.0 Å². The molecule has 2 saturated carbocycles. The normalized spacial score (nSPS) is 18.2. The van der Waals surface area contributed by atoms with E-state index in [2.05, 4.69) is 21.0 Å². The van der Waals surface area contributed by atoms with Gasteiger partial charge in [-0.05, 0) is 38.1 Å². The summed E-state index contributed by atoms with van der Waals surface area (Å²) in [7, 11) is 0.